The van der Waals surface area contributed by atoms with Gasteiger partial charge in [0, 0.05) is 0 Å². The minimum Gasteiger partial charge on any atom is -0.464 e. The topological polar surface area (TPSA) is 82.1 Å². The average molecular weight is 246 g/mol. The summed E-state index contributed by atoms with van der Waals surface area (Å²) in [4.78, 5) is 23.3. The van der Waals surface area contributed by atoms with E-state index in [2.05, 4.69) is 0 Å². The van der Waals surface area contributed by atoms with Gasteiger partial charge < -0.3 is 19.3 Å². The molecule has 1 N–H and O–H groups in total. The van der Waals surface area contributed by atoms with Gasteiger partial charge >= 0.3 is 5.97 Å². The quantitative estimate of drug-likeness (QED) is 0.704. The molecule has 6 nitrogen and oxygen atoms in total. The van der Waals surface area contributed by atoms with Gasteiger partial charge in [0.1, 0.15) is 6.10 Å². The molecule has 0 amide bonds. The molecule has 0 saturated carbocycles. The molecule has 0 aromatic carbocycles. The van der Waals surface area contributed by atoms with Crippen molar-refractivity contribution in [1.29, 1.82) is 0 Å². The van der Waals surface area contributed by atoms with E-state index in [1.807, 2.05) is 0 Å². The maximum Gasteiger partial charge on any atom is 0.338 e. The van der Waals surface area contributed by atoms with Gasteiger partial charge in [-0.05, 0) is 27.7 Å². The molecule has 0 bridgehead atoms. The second-order valence-electron chi connectivity index (χ2n) is 4.31. The van der Waals surface area contributed by atoms with Crippen LogP contribution in [0.1, 0.15) is 27.7 Å². The van der Waals surface area contributed by atoms with Gasteiger partial charge in [0.2, 0.25) is 0 Å². The maximum atomic E-state index is 11.7. The molecule has 1 aliphatic rings. The van der Waals surface area contributed by atoms with Crippen molar-refractivity contribution >= 4 is 11.8 Å². The first-order chi connectivity index (χ1) is 7.78. The second kappa shape index (κ2) is 5.12. The van der Waals surface area contributed by atoms with Gasteiger partial charge in [-0.1, -0.05) is 0 Å². The SMILES string of the molecule is CCOC(=O)[C@H]1OC(C)(C)O[C@H]1C(=O)[C@H](C)O. The number of ether oxygens (including phenoxy) is 3. The van der Waals surface area contributed by atoms with Crippen molar-refractivity contribution in [3.8, 4) is 0 Å². The van der Waals surface area contributed by atoms with Crippen molar-refractivity contribution in [2.75, 3.05) is 6.61 Å². The third kappa shape index (κ3) is 3.24. The summed E-state index contributed by atoms with van der Waals surface area (Å²) < 4.78 is 15.4. The van der Waals surface area contributed by atoms with Crippen molar-refractivity contribution in [2.45, 2.75) is 51.8 Å². The van der Waals surface area contributed by atoms with Crippen LogP contribution in [0.3, 0.4) is 0 Å². The van der Waals surface area contributed by atoms with Crippen LogP contribution in [-0.2, 0) is 23.8 Å². The molecule has 3 atom stereocenters. The minimum absolute atomic E-state index is 0.189. The smallest absolute Gasteiger partial charge is 0.338 e. The molecular weight excluding hydrogens is 228 g/mol. The molecule has 17 heavy (non-hydrogen) atoms. The van der Waals surface area contributed by atoms with Gasteiger partial charge in [0.15, 0.2) is 23.8 Å². The van der Waals surface area contributed by atoms with Crippen molar-refractivity contribution in [3.63, 3.8) is 0 Å². The van der Waals surface area contributed by atoms with Gasteiger partial charge in [-0.2, -0.15) is 0 Å². The number of carbonyl (C=O) groups excluding carboxylic acids is 2. The Bertz CT molecular complexity index is 309. The molecule has 0 unspecified atom stereocenters. The van der Waals surface area contributed by atoms with E-state index in [-0.39, 0.29) is 6.61 Å². The van der Waals surface area contributed by atoms with Crippen molar-refractivity contribution in [3.05, 3.63) is 0 Å². The van der Waals surface area contributed by atoms with E-state index in [4.69, 9.17) is 14.2 Å². The third-order valence-electron chi connectivity index (χ3n) is 2.31. The first-order valence-electron chi connectivity index (χ1n) is 5.52. The number of aliphatic hydroxyl groups is 1. The lowest BCUT2D eigenvalue weighted by Crippen LogP contribution is -2.42. The lowest BCUT2D eigenvalue weighted by atomic mass is 10.1. The fraction of sp³-hybridized carbons (Fsp3) is 0.818. The molecule has 0 spiro atoms. The Morgan fingerprint density at radius 3 is 2.35 bits per heavy atom. The van der Waals surface area contributed by atoms with Crippen LogP contribution in [-0.4, -0.2) is 47.6 Å². The second-order valence-corrected chi connectivity index (χ2v) is 4.31. The van der Waals surface area contributed by atoms with Crippen LogP contribution < -0.4 is 0 Å². The number of hydrogen-bond donors (Lipinski definition) is 1. The predicted molar refractivity (Wildman–Crippen MR) is 57.1 cm³/mol. The van der Waals surface area contributed by atoms with E-state index < -0.39 is 35.9 Å². The number of Topliss-reactive ketones (excluding diaryl/α,β-unsaturated/α-hetero) is 1. The molecule has 6 heteroatoms. The Morgan fingerprint density at radius 1 is 1.35 bits per heavy atom. The fourth-order valence-electron chi connectivity index (χ4n) is 1.60. The van der Waals surface area contributed by atoms with Crippen molar-refractivity contribution < 1.29 is 28.9 Å². The van der Waals surface area contributed by atoms with E-state index in [1.165, 1.54) is 6.92 Å². The number of ketones is 1. The molecule has 1 rings (SSSR count). The molecule has 0 radical (unpaired) electrons. The highest BCUT2D eigenvalue weighted by atomic mass is 16.8. The molecule has 1 heterocycles. The van der Waals surface area contributed by atoms with Gasteiger partial charge in [0.25, 0.3) is 0 Å². The van der Waals surface area contributed by atoms with Gasteiger partial charge in [-0.3, -0.25) is 4.79 Å². The van der Waals surface area contributed by atoms with Gasteiger partial charge in [0.05, 0.1) is 6.61 Å². The molecule has 0 aromatic heterocycles. The van der Waals surface area contributed by atoms with E-state index in [1.54, 1.807) is 20.8 Å². The Kier molecular flexibility index (Phi) is 4.24. The lowest BCUT2D eigenvalue weighted by Gasteiger charge is -2.16. The Balaban J connectivity index is 2.85. The average Bonchev–Trinajstić information content (AvgIpc) is 2.53. The minimum atomic E-state index is -1.21. The molecular formula is C11H18O6. The van der Waals surface area contributed by atoms with Gasteiger partial charge in [-0.25, -0.2) is 4.79 Å². The lowest BCUT2D eigenvalue weighted by molar-refractivity contribution is -0.170. The number of carbonyl (C=O) groups is 2. The molecule has 1 aliphatic heterocycles. The van der Waals surface area contributed by atoms with E-state index in [0.29, 0.717) is 0 Å². The monoisotopic (exact) mass is 246 g/mol. The zero-order chi connectivity index (χ0) is 13.2. The third-order valence-corrected chi connectivity index (χ3v) is 2.31. The normalized spacial score (nSPS) is 28.8. The fourth-order valence-corrected chi connectivity index (χ4v) is 1.60. The van der Waals surface area contributed by atoms with E-state index in [0.717, 1.165) is 0 Å². The first kappa shape index (κ1) is 14.1. The summed E-state index contributed by atoms with van der Waals surface area (Å²) in [5.41, 5.74) is 0. The molecule has 98 valence electrons. The largest absolute Gasteiger partial charge is 0.464 e. The summed E-state index contributed by atoms with van der Waals surface area (Å²) in [6.07, 6.45) is -3.45. The number of aliphatic hydroxyl groups excluding tert-OH is 1. The highest BCUT2D eigenvalue weighted by Crippen LogP contribution is 2.30. The van der Waals surface area contributed by atoms with E-state index >= 15 is 0 Å². The summed E-state index contributed by atoms with van der Waals surface area (Å²) in [7, 11) is 0. The summed E-state index contributed by atoms with van der Waals surface area (Å²) in [5.74, 6) is -2.29. The number of esters is 1. The van der Waals surface area contributed by atoms with Crippen LogP contribution in [0.5, 0.6) is 0 Å². The molecule has 0 aliphatic carbocycles. The number of hydrogen-bond acceptors (Lipinski definition) is 6. The Morgan fingerprint density at radius 2 is 1.88 bits per heavy atom. The predicted octanol–water partition coefficient (Wildman–Crippen LogP) is 0.0195. The van der Waals surface area contributed by atoms with Crippen LogP contribution in [0.2, 0.25) is 0 Å². The Labute approximate surface area is 99.8 Å². The first-order valence-corrected chi connectivity index (χ1v) is 5.52. The van der Waals surface area contributed by atoms with Gasteiger partial charge in [-0.15, -0.1) is 0 Å². The highest BCUT2D eigenvalue weighted by molar-refractivity contribution is 5.93. The zero-order valence-electron chi connectivity index (χ0n) is 10.4. The summed E-state index contributed by atoms with van der Waals surface area (Å²) >= 11 is 0. The molecule has 0 aromatic rings. The standard InChI is InChI=1S/C11H18O6/c1-5-15-10(14)9-8(7(13)6(2)12)16-11(3,4)17-9/h6,8-9,12H,5H2,1-4H3/t6-,8-,9-/m0/s1. The van der Waals surface area contributed by atoms with Crippen LogP contribution in [0.25, 0.3) is 0 Å². The molecule has 1 fully saturated rings. The maximum absolute atomic E-state index is 11.7. The summed E-state index contributed by atoms with van der Waals surface area (Å²) in [6.45, 7) is 6.35. The van der Waals surface area contributed by atoms with Crippen molar-refractivity contribution in [2.24, 2.45) is 0 Å². The van der Waals surface area contributed by atoms with Crippen molar-refractivity contribution in [1.82, 2.24) is 0 Å². The van der Waals surface area contributed by atoms with Crippen LogP contribution in [0, 0.1) is 0 Å². The van der Waals surface area contributed by atoms with Crippen LogP contribution in [0.4, 0.5) is 0 Å². The Hall–Kier alpha value is -0.980. The highest BCUT2D eigenvalue weighted by Gasteiger charge is 2.50. The van der Waals surface area contributed by atoms with Crippen LogP contribution in [0.15, 0.2) is 0 Å². The molecule has 1 saturated heterocycles. The number of rotatable bonds is 4. The zero-order valence-corrected chi connectivity index (χ0v) is 10.4. The van der Waals surface area contributed by atoms with Crippen LogP contribution >= 0.6 is 0 Å². The van der Waals surface area contributed by atoms with E-state index in [9.17, 15) is 14.7 Å². The summed E-state index contributed by atoms with van der Waals surface area (Å²) in [6, 6.07) is 0. The summed E-state index contributed by atoms with van der Waals surface area (Å²) in [5, 5.41) is 9.24.